The van der Waals surface area contributed by atoms with Gasteiger partial charge >= 0.3 is 0 Å². The van der Waals surface area contributed by atoms with Crippen LogP contribution in [0.4, 0.5) is 0 Å². The molecular formula is C16H24N4O. The van der Waals surface area contributed by atoms with E-state index in [0.717, 1.165) is 37.3 Å². The summed E-state index contributed by atoms with van der Waals surface area (Å²) < 4.78 is 0. The van der Waals surface area contributed by atoms with Gasteiger partial charge in [0.15, 0.2) is 0 Å². The summed E-state index contributed by atoms with van der Waals surface area (Å²) in [5, 5.41) is 6.55. The summed E-state index contributed by atoms with van der Waals surface area (Å²) in [4.78, 5) is 21.0. The van der Waals surface area contributed by atoms with Crippen LogP contribution in [0.3, 0.4) is 0 Å². The molecule has 21 heavy (non-hydrogen) atoms. The molecule has 2 N–H and O–H groups in total. The Morgan fingerprint density at radius 2 is 2.00 bits per heavy atom. The zero-order valence-electron chi connectivity index (χ0n) is 13.0. The molecule has 2 heterocycles. The number of carbonyl (C=O) groups excluding carboxylic acids is 1. The summed E-state index contributed by atoms with van der Waals surface area (Å²) in [6, 6.07) is 0. The van der Waals surface area contributed by atoms with Crippen molar-refractivity contribution in [1.29, 1.82) is 0 Å². The Labute approximate surface area is 125 Å². The first-order valence-corrected chi connectivity index (χ1v) is 7.77. The summed E-state index contributed by atoms with van der Waals surface area (Å²) in [6.07, 6.45) is 5.16. The van der Waals surface area contributed by atoms with Crippen LogP contribution in [0.5, 0.6) is 0 Å². The fourth-order valence-electron chi connectivity index (χ4n) is 3.40. The summed E-state index contributed by atoms with van der Waals surface area (Å²) in [5.41, 5.74) is 1.79. The molecule has 0 aromatic carbocycles. The summed E-state index contributed by atoms with van der Waals surface area (Å²) >= 11 is 0. The Bertz CT molecular complexity index is 533. The lowest BCUT2D eigenvalue weighted by Gasteiger charge is -2.27. The van der Waals surface area contributed by atoms with Gasteiger partial charge in [-0.15, -0.1) is 0 Å². The molecule has 114 valence electrons. The van der Waals surface area contributed by atoms with E-state index in [0.29, 0.717) is 11.8 Å². The molecule has 2 fully saturated rings. The molecule has 0 bridgehead atoms. The van der Waals surface area contributed by atoms with E-state index in [1.807, 2.05) is 6.92 Å². The van der Waals surface area contributed by atoms with Gasteiger partial charge in [0.05, 0.1) is 11.4 Å². The zero-order chi connectivity index (χ0) is 15.0. The van der Waals surface area contributed by atoms with Gasteiger partial charge in [-0.05, 0) is 58.5 Å². The molecule has 1 saturated carbocycles. The lowest BCUT2D eigenvalue weighted by molar-refractivity contribution is -0.124. The SMILES string of the molecule is Cc1nccnc1CCC(C)(C)NC(=O)C1[C@H]2CNC[C@@H]12. The van der Waals surface area contributed by atoms with Gasteiger partial charge in [-0.3, -0.25) is 14.8 Å². The van der Waals surface area contributed by atoms with E-state index in [-0.39, 0.29) is 17.4 Å². The molecule has 1 saturated heterocycles. The van der Waals surface area contributed by atoms with Crippen LogP contribution < -0.4 is 10.6 Å². The quantitative estimate of drug-likeness (QED) is 0.851. The fraction of sp³-hybridized carbons (Fsp3) is 0.688. The smallest absolute Gasteiger partial charge is 0.224 e. The number of piperidine rings is 1. The van der Waals surface area contributed by atoms with E-state index in [4.69, 9.17) is 0 Å². The summed E-state index contributed by atoms with van der Waals surface area (Å²) in [5.74, 6) is 1.61. The van der Waals surface area contributed by atoms with E-state index in [1.54, 1.807) is 12.4 Å². The normalized spacial score (nSPS) is 27.3. The van der Waals surface area contributed by atoms with Crippen LogP contribution in [0.2, 0.25) is 0 Å². The molecule has 5 nitrogen and oxygen atoms in total. The van der Waals surface area contributed by atoms with Crippen LogP contribution in [0.1, 0.15) is 31.7 Å². The van der Waals surface area contributed by atoms with Gasteiger partial charge in [0.2, 0.25) is 5.91 Å². The largest absolute Gasteiger partial charge is 0.351 e. The third kappa shape index (κ3) is 3.07. The summed E-state index contributed by atoms with van der Waals surface area (Å²) in [7, 11) is 0. The molecule has 0 spiro atoms. The molecule has 1 aliphatic heterocycles. The van der Waals surface area contributed by atoms with Crippen molar-refractivity contribution in [1.82, 2.24) is 20.6 Å². The van der Waals surface area contributed by atoms with E-state index >= 15 is 0 Å². The minimum atomic E-state index is -0.203. The first-order chi connectivity index (χ1) is 9.98. The first kappa shape index (κ1) is 14.4. The monoisotopic (exact) mass is 288 g/mol. The predicted molar refractivity (Wildman–Crippen MR) is 80.7 cm³/mol. The lowest BCUT2D eigenvalue weighted by atomic mass is 9.96. The second-order valence-corrected chi connectivity index (χ2v) is 6.97. The highest BCUT2D eigenvalue weighted by molar-refractivity contribution is 5.83. The third-order valence-electron chi connectivity index (χ3n) is 4.83. The van der Waals surface area contributed by atoms with Crippen molar-refractivity contribution >= 4 is 5.91 Å². The number of hydrogen-bond donors (Lipinski definition) is 2. The van der Waals surface area contributed by atoms with Crippen LogP contribution in [0.25, 0.3) is 0 Å². The highest BCUT2D eigenvalue weighted by Crippen LogP contribution is 2.48. The number of fused-ring (bicyclic) bond motifs is 1. The lowest BCUT2D eigenvalue weighted by Crippen LogP contribution is -2.45. The number of nitrogens with one attached hydrogen (secondary N) is 2. The minimum Gasteiger partial charge on any atom is -0.351 e. The van der Waals surface area contributed by atoms with E-state index in [1.165, 1.54) is 0 Å². The molecule has 1 aliphatic carbocycles. The van der Waals surface area contributed by atoms with Gasteiger partial charge in [0.1, 0.15) is 0 Å². The first-order valence-electron chi connectivity index (χ1n) is 7.77. The molecule has 3 rings (SSSR count). The van der Waals surface area contributed by atoms with Gasteiger partial charge in [0, 0.05) is 23.9 Å². The highest BCUT2D eigenvalue weighted by Gasteiger charge is 2.57. The Morgan fingerprint density at radius 3 is 2.67 bits per heavy atom. The van der Waals surface area contributed by atoms with Crippen molar-refractivity contribution in [3.8, 4) is 0 Å². The van der Waals surface area contributed by atoms with Crippen molar-refractivity contribution < 1.29 is 4.79 Å². The molecule has 1 aromatic heterocycles. The number of hydrogen-bond acceptors (Lipinski definition) is 4. The van der Waals surface area contributed by atoms with Crippen molar-refractivity contribution in [3.05, 3.63) is 23.8 Å². The van der Waals surface area contributed by atoms with Gasteiger partial charge in [-0.1, -0.05) is 0 Å². The maximum Gasteiger partial charge on any atom is 0.224 e. The second-order valence-electron chi connectivity index (χ2n) is 6.97. The zero-order valence-corrected chi connectivity index (χ0v) is 13.0. The molecule has 1 aromatic rings. The molecule has 1 amide bonds. The molecular weight excluding hydrogens is 264 g/mol. The number of aryl methyl sites for hydroxylation is 2. The van der Waals surface area contributed by atoms with Crippen LogP contribution >= 0.6 is 0 Å². The topological polar surface area (TPSA) is 66.9 Å². The van der Waals surface area contributed by atoms with Crippen molar-refractivity contribution in [3.63, 3.8) is 0 Å². The standard InChI is InChI=1S/C16H24N4O/c1-10-13(19-7-6-18-10)4-5-16(2,3)20-15(21)14-11-8-17-9-12(11)14/h6-7,11-12,14,17H,4-5,8-9H2,1-3H3,(H,20,21)/t11-,12+,14?. The average molecular weight is 288 g/mol. The molecule has 1 unspecified atom stereocenters. The van der Waals surface area contributed by atoms with Crippen molar-refractivity contribution in [2.24, 2.45) is 17.8 Å². The number of amides is 1. The second kappa shape index (κ2) is 5.37. The molecule has 2 aliphatic rings. The number of carbonyl (C=O) groups is 1. The van der Waals surface area contributed by atoms with Gasteiger partial charge in [-0.25, -0.2) is 0 Å². The Morgan fingerprint density at radius 1 is 1.33 bits per heavy atom. The van der Waals surface area contributed by atoms with Crippen LogP contribution in [-0.2, 0) is 11.2 Å². The maximum atomic E-state index is 12.3. The Hall–Kier alpha value is -1.49. The van der Waals surface area contributed by atoms with Gasteiger partial charge in [-0.2, -0.15) is 0 Å². The van der Waals surface area contributed by atoms with Crippen molar-refractivity contribution in [2.75, 3.05) is 13.1 Å². The summed E-state index contributed by atoms with van der Waals surface area (Å²) in [6.45, 7) is 8.16. The van der Waals surface area contributed by atoms with Crippen LogP contribution in [0, 0.1) is 24.7 Å². The van der Waals surface area contributed by atoms with Crippen molar-refractivity contribution in [2.45, 2.75) is 39.2 Å². The van der Waals surface area contributed by atoms with Crippen LogP contribution in [-0.4, -0.2) is 34.5 Å². The maximum absolute atomic E-state index is 12.3. The van der Waals surface area contributed by atoms with Crippen LogP contribution in [0.15, 0.2) is 12.4 Å². The fourth-order valence-corrected chi connectivity index (χ4v) is 3.40. The minimum absolute atomic E-state index is 0.203. The highest BCUT2D eigenvalue weighted by atomic mass is 16.2. The average Bonchev–Trinajstić information content (AvgIpc) is 2.92. The molecule has 0 radical (unpaired) electrons. The number of rotatable bonds is 5. The van der Waals surface area contributed by atoms with Gasteiger partial charge < -0.3 is 10.6 Å². The van der Waals surface area contributed by atoms with E-state index < -0.39 is 0 Å². The Kier molecular flexibility index (Phi) is 3.69. The number of nitrogens with zero attached hydrogens (tertiary/aromatic N) is 2. The van der Waals surface area contributed by atoms with Gasteiger partial charge in [0.25, 0.3) is 0 Å². The Balaban J connectivity index is 1.52. The molecule has 3 atom stereocenters. The van der Waals surface area contributed by atoms with E-state index in [9.17, 15) is 4.79 Å². The van der Waals surface area contributed by atoms with E-state index in [2.05, 4.69) is 34.4 Å². The molecule has 5 heteroatoms. The third-order valence-corrected chi connectivity index (χ3v) is 4.83. The number of aromatic nitrogens is 2. The predicted octanol–water partition coefficient (Wildman–Crippen LogP) is 1.08.